The summed E-state index contributed by atoms with van der Waals surface area (Å²) in [5.41, 5.74) is 1.07. The molecule has 0 radical (unpaired) electrons. The average molecular weight is 249 g/mol. The lowest BCUT2D eigenvalue weighted by Crippen LogP contribution is -2.47. The molecule has 1 aromatic rings. The molecule has 1 N–H and O–H groups in total. The molecule has 6 heteroatoms. The zero-order valence-electron chi connectivity index (χ0n) is 10.4. The molecular weight excluding hydrogens is 234 g/mol. The van der Waals surface area contributed by atoms with Crippen molar-refractivity contribution in [3.05, 3.63) is 17.0 Å². The lowest BCUT2D eigenvalue weighted by molar-refractivity contribution is 0.0520. The van der Waals surface area contributed by atoms with Crippen molar-refractivity contribution in [1.29, 1.82) is 0 Å². The minimum atomic E-state index is -0.474. The molecule has 0 aromatic carbocycles. The van der Waals surface area contributed by atoms with Crippen molar-refractivity contribution in [2.24, 2.45) is 0 Å². The number of aryl methyl sites for hydroxylation is 1. The van der Waals surface area contributed by atoms with Gasteiger partial charge in [0.25, 0.3) is 5.91 Å². The van der Waals surface area contributed by atoms with E-state index in [0.29, 0.717) is 23.5 Å². The molecule has 2 aliphatic rings. The summed E-state index contributed by atoms with van der Waals surface area (Å²) in [4.78, 5) is 24.0. The third-order valence-electron chi connectivity index (χ3n) is 3.51. The Morgan fingerprint density at radius 2 is 2.28 bits per heavy atom. The fraction of sp³-hybridized carbons (Fsp3) is 0.583. The zero-order valence-corrected chi connectivity index (χ0v) is 10.4. The molecular formula is C12H15N3O3. The molecule has 1 saturated carbocycles. The number of aromatic nitrogens is 2. The summed E-state index contributed by atoms with van der Waals surface area (Å²) in [6.07, 6.45) is 1.96. The van der Waals surface area contributed by atoms with Crippen molar-refractivity contribution in [2.75, 3.05) is 6.61 Å². The molecule has 1 spiro atoms. The predicted octanol–water partition coefficient (Wildman–Crippen LogP) is 0.644. The average Bonchev–Trinajstić information content (AvgIpc) is 2.92. The Bertz CT molecular complexity index is 543. The van der Waals surface area contributed by atoms with Crippen molar-refractivity contribution in [1.82, 2.24) is 15.1 Å². The number of carbonyl (C=O) groups is 2. The molecule has 0 saturated heterocycles. The van der Waals surface area contributed by atoms with Crippen LogP contribution in [0.3, 0.4) is 0 Å². The van der Waals surface area contributed by atoms with E-state index in [4.69, 9.17) is 4.74 Å². The van der Waals surface area contributed by atoms with E-state index in [1.807, 2.05) is 0 Å². The van der Waals surface area contributed by atoms with Gasteiger partial charge in [-0.25, -0.2) is 4.79 Å². The van der Waals surface area contributed by atoms with Gasteiger partial charge in [0.1, 0.15) is 11.3 Å². The van der Waals surface area contributed by atoms with Crippen LogP contribution in [0, 0.1) is 6.92 Å². The van der Waals surface area contributed by atoms with E-state index in [0.717, 1.165) is 12.8 Å². The third-order valence-corrected chi connectivity index (χ3v) is 3.51. The van der Waals surface area contributed by atoms with Crippen molar-refractivity contribution in [3.63, 3.8) is 0 Å². The summed E-state index contributed by atoms with van der Waals surface area (Å²) in [5.74, 6) is -0.694. The summed E-state index contributed by atoms with van der Waals surface area (Å²) in [7, 11) is 0. The minimum Gasteiger partial charge on any atom is -0.462 e. The number of fused-ring (bicyclic) bond motifs is 1. The first kappa shape index (κ1) is 11.3. The fourth-order valence-electron chi connectivity index (χ4n) is 2.43. The summed E-state index contributed by atoms with van der Waals surface area (Å²) in [5, 5.41) is 7.26. The van der Waals surface area contributed by atoms with E-state index in [-0.39, 0.29) is 18.1 Å². The second-order valence-electron chi connectivity index (χ2n) is 4.92. The van der Waals surface area contributed by atoms with E-state index in [1.54, 1.807) is 18.5 Å². The highest BCUT2D eigenvalue weighted by atomic mass is 16.5. The molecule has 18 heavy (non-hydrogen) atoms. The van der Waals surface area contributed by atoms with Gasteiger partial charge in [0.05, 0.1) is 24.4 Å². The number of hydrogen-bond acceptors (Lipinski definition) is 4. The molecule has 1 fully saturated rings. The van der Waals surface area contributed by atoms with Crippen LogP contribution in [0.2, 0.25) is 0 Å². The minimum absolute atomic E-state index is 0.117. The second kappa shape index (κ2) is 3.57. The number of ether oxygens (including phenoxy) is 1. The maximum Gasteiger partial charge on any atom is 0.342 e. The number of amides is 1. The van der Waals surface area contributed by atoms with Gasteiger partial charge in [-0.05, 0) is 26.7 Å². The van der Waals surface area contributed by atoms with E-state index in [1.165, 1.54) is 0 Å². The van der Waals surface area contributed by atoms with Gasteiger partial charge < -0.3 is 10.1 Å². The smallest absolute Gasteiger partial charge is 0.342 e. The molecule has 96 valence electrons. The molecule has 1 aliphatic heterocycles. The van der Waals surface area contributed by atoms with E-state index < -0.39 is 5.97 Å². The van der Waals surface area contributed by atoms with Crippen LogP contribution in [0.4, 0.5) is 0 Å². The van der Waals surface area contributed by atoms with E-state index in [2.05, 4.69) is 10.4 Å². The standard InChI is InChI=1S/C12H15N3O3/c1-3-18-11(17)8-7(2)14-15-6-12(4-5-12)13-10(16)9(8)15/h3-6H2,1-2H3,(H,13,16). The number of carbonyl (C=O) groups excluding carboxylic acids is 2. The Labute approximate surface area is 104 Å². The quantitative estimate of drug-likeness (QED) is 0.781. The van der Waals surface area contributed by atoms with Crippen molar-refractivity contribution < 1.29 is 14.3 Å². The van der Waals surface area contributed by atoms with Crippen LogP contribution < -0.4 is 5.32 Å². The van der Waals surface area contributed by atoms with Crippen LogP contribution in [0.25, 0.3) is 0 Å². The van der Waals surface area contributed by atoms with Crippen LogP contribution in [-0.4, -0.2) is 33.8 Å². The van der Waals surface area contributed by atoms with Crippen molar-refractivity contribution >= 4 is 11.9 Å². The molecule has 1 aromatic heterocycles. The topological polar surface area (TPSA) is 73.2 Å². The first-order valence-corrected chi connectivity index (χ1v) is 6.13. The zero-order chi connectivity index (χ0) is 12.9. The predicted molar refractivity (Wildman–Crippen MR) is 62.4 cm³/mol. The lowest BCUT2D eigenvalue weighted by Gasteiger charge is -2.24. The number of nitrogens with zero attached hydrogens (tertiary/aromatic N) is 2. The summed E-state index contributed by atoms with van der Waals surface area (Å²) >= 11 is 0. The van der Waals surface area contributed by atoms with E-state index >= 15 is 0 Å². The highest BCUT2D eigenvalue weighted by molar-refractivity contribution is 6.05. The highest BCUT2D eigenvalue weighted by Crippen LogP contribution is 2.40. The van der Waals surface area contributed by atoms with Gasteiger partial charge in [-0.2, -0.15) is 5.10 Å². The lowest BCUT2D eigenvalue weighted by atomic mass is 10.1. The molecule has 1 aliphatic carbocycles. The first-order chi connectivity index (χ1) is 8.56. The van der Waals surface area contributed by atoms with Crippen LogP contribution in [0.1, 0.15) is 46.3 Å². The molecule has 3 rings (SSSR count). The highest BCUT2D eigenvalue weighted by Gasteiger charge is 2.49. The third kappa shape index (κ3) is 1.52. The van der Waals surface area contributed by atoms with Crippen LogP contribution in [-0.2, 0) is 11.3 Å². The summed E-state index contributed by atoms with van der Waals surface area (Å²) < 4.78 is 6.62. The normalized spacial score (nSPS) is 19.3. The molecule has 6 nitrogen and oxygen atoms in total. The van der Waals surface area contributed by atoms with Gasteiger partial charge in [-0.1, -0.05) is 0 Å². The van der Waals surface area contributed by atoms with Gasteiger partial charge in [-0.3, -0.25) is 9.48 Å². The molecule has 0 atom stereocenters. The van der Waals surface area contributed by atoms with Gasteiger partial charge in [-0.15, -0.1) is 0 Å². The van der Waals surface area contributed by atoms with E-state index in [9.17, 15) is 9.59 Å². The Hall–Kier alpha value is -1.85. The van der Waals surface area contributed by atoms with Gasteiger partial charge >= 0.3 is 5.97 Å². The maximum atomic E-state index is 12.1. The van der Waals surface area contributed by atoms with Crippen molar-refractivity contribution in [2.45, 2.75) is 38.8 Å². The maximum absolute atomic E-state index is 12.1. The molecule has 1 amide bonds. The number of rotatable bonds is 2. The van der Waals surface area contributed by atoms with Gasteiger partial charge in [0.2, 0.25) is 0 Å². The van der Waals surface area contributed by atoms with Crippen LogP contribution in [0.15, 0.2) is 0 Å². The van der Waals surface area contributed by atoms with Crippen molar-refractivity contribution in [3.8, 4) is 0 Å². The van der Waals surface area contributed by atoms with Crippen LogP contribution in [0.5, 0.6) is 0 Å². The fourth-order valence-corrected chi connectivity index (χ4v) is 2.43. The summed E-state index contributed by atoms with van der Waals surface area (Å²) in [6, 6.07) is 0. The van der Waals surface area contributed by atoms with Gasteiger partial charge in [0.15, 0.2) is 0 Å². The Morgan fingerprint density at radius 3 is 2.89 bits per heavy atom. The Morgan fingerprint density at radius 1 is 1.56 bits per heavy atom. The Kier molecular flexibility index (Phi) is 2.23. The second-order valence-corrected chi connectivity index (χ2v) is 4.92. The monoisotopic (exact) mass is 249 g/mol. The number of esters is 1. The van der Waals surface area contributed by atoms with Gasteiger partial charge in [0, 0.05) is 0 Å². The number of nitrogens with one attached hydrogen (secondary N) is 1. The molecule has 0 unspecified atom stereocenters. The molecule has 2 heterocycles. The molecule has 0 bridgehead atoms. The number of hydrogen-bond donors (Lipinski definition) is 1. The van der Waals surface area contributed by atoms with Crippen LogP contribution >= 0.6 is 0 Å². The largest absolute Gasteiger partial charge is 0.462 e. The first-order valence-electron chi connectivity index (χ1n) is 6.13. The Balaban J connectivity index is 2.04. The SMILES string of the molecule is CCOC(=O)c1c(C)nn2c1C(=O)NC1(CC1)C2. The summed E-state index contributed by atoms with van der Waals surface area (Å²) in [6.45, 7) is 4.40.